The average molecular weight is 443 g/mol. The number of tetrazole rings is 1. The molecule has 0 aliphatic carbocycles. The number of urea groups is 1. The number of anilines is 1. The Morgan fingerprint density at radius 1 is 1.26 bits per heavy atom. The van der Waals surface area contributed by atoms with Gasteiger partial charge in [-0.1, -0.05) is 0 Å². The number of rotatable bonds is 4. The van der Waals surface area contributed by atoms with Crippen LogP contribution in [0, 0.1) is 5.92 Å². The first-order chi connectivity index (χ1) is 14.9. The Kier molecular flexibility index (Phi) is 4.36. The van der Waals surface area contributed by atoms with Gasteiger partial charge in [0, 0.05) is 30.1 Å². The van der Waals surface area contributed by atoms with Gasteiger partial charge in [-0.2, -0.15) is 0 Å². The number of β-lactam (4-membered cyclic amide) rings is 1. The zero-order valence-electron chi connectivity index (χ0n) is 16.2. The Balaban J connectivity index is 1.40. The summed E-state index contributed by atoms with van der Waals surface area (Å²) in [6.07, 6.45) is 0.498. The molecular weight excluding hydrogens is 426 g/mol. The van der Waals surface area contributed by atoms with E-state index in [1.165, 1.54) is 26.6 Å². The lowest BCUT2D eigenvalue weighted by molar-refractivity contribution is -0.160. The van der Waals surface area contributed by atoms with Crippen LogP contribution in [0.5, 0.6) is 5.75 Å². The van der Waals surface area contributed by atoms with Crippen molar-refractivity contribution < 1.29 is 24.6 Å². The first-order valence-electron chi connectivity index (χ1n) is 9.44. The van der Waals surface area contributed by atoms with Gasteiger partial charge in [0.15, 0.2) is 0 Å². The Morgan fingerprint density at radius 2 is 2.00 bits per heavy atom. The van der Waals surface area contributed by atoms with E-state index >= 15 is 0 Å². The van der Waals surface area contributed by atoms with Gasteiger partial charge in [-0.3, -0.25) is 9.69 Å². The molecule has 0 bridgehead atoms. The highest BCUT2D eigenvalue weighted by molar-refractivity contribution is 8.03. The van der Waals surface area contributed by atoms with Crippen LogP contribution in [0.25, 0.3) is 0 Å². The largest absolute Gasteiger partial charge is 0.508 e. The molecule has 3 aliphatic rings. The van der Waals surface area contributed by atoms with E-state index in [1.807, 2.05) is 0 Å². The molecule has 13 heteroatoms. The summed E-state index contributed by atoms with van der Waals surface area (Å²) in [5, 5.41) is 33.6. The molecule has 5 rings (SSSR count). The number of nitrogens with one attached hydrogen (secondary N) is 1. The quantitative estimate of drug-likeness (QED) is 0.451. The van der Waals surface area contributed by atoms with Crippen LogP contribution < -0.4 is 5.32 Å². The smallest absolute Gasteiger partial charge is 0.353 e. The zero-order chi connectivity index (χ0) is 21.9. The molecule has 2 fully saturated rings. The molecule has 1 unspecified atom stereocenters. The number of aromatic nitrogens is 4. The van der Waals surface area contributed by atoms with Crippen molar-refractivity contribution in [2.75, 3.05) is 11.9 Å². The van der Waals surface area contributed by atoms with Crippen LogP contribution in [-0.4, -0.2) is 76.8 Å². The molecule has 2 aromatic rings. The van der Waals surface area contributed by atoms with E-state index in [2.05, 4.69) is 20.8 Å². The van der Waals surface area contributed by atoms with Crippen LogP contribution in [0.4, 0.5) is 10.5 Å². The van der Waals surface area contributed by atoms with E-state index < -0.39 is 30.0 Å². The lowest BCUT2D eigenvalue weighted by atomic mass is 9.81. The number of aryl methyl sites for hydroxylation is 1. The molecule has 12 nitrogen and oxygen atoms in total. The van der Waals surface area contributed by atoms with Crippen LogP contribution in [0.15, 0.2) is 40.0 Å². The fourth-order valence-electron chi connectivity index (χ4n) is 4.35. The number of benzene rings is 1. The van der Waals surface area contributed by atoms with Crippen LogP contribution in [-0.2, 0) is 16.6 Å². The van der Waals surface area contributed by atoms with E-state index in [4.69, 9.17) is 0 Å². The van der Waals surface area contributed by atoms with E-state index in [-0.39, 0.29) is 17.4 Å². The molecule has 3 atom stereocenters. The van der Waals surface area contributed by atoms with Crippen molar-refractivity contribution in [3.63, 3.8) is 0 Å². The molecule has 3 amide bonds. The predicted octanol–water partition coefficient (Wildman–Crippen LogP) is 0.451. The van der Waals surface area contributed by atoms with Crippen molar-refractivity contribution in [2.45, 2.75) is 23.7 Å². The molecule has 31 heavy (non-hydrogen) atoms. The maximum Gasteiger partial charge on any atom is 0.353 e. The predicted molar refractivity (Wildman–Crippen MR) is 106 cm³/mol. The van der Waals surface area contributed by atoms with Gasteiger partial charge >= 0.3 is 12.0 Å². The number of carbonyl (C=O) groups excluding carboxylic acids is 2. The fourth-order valence-corrected chi connectivity index (χ4v) is 5.48. The highest BCUT2D eigenvalue weighted by Crippen LogP contribution is 2.53. The van der Waals surface area contributed by atoms with Gasteiger partial charge in [0.05, 0.1) is 6.04 Å². The highest BCUT2D eigenvalue weighted by atomic mass is 32.2. The van der Waals surface area contributed by atoms with Crippen molar-refractivity contribution in [1.29, 1.82) is 0 Å². The number of hydrogen-bond acceptors (Lipinski definition) is 8. The first-order valence-corrected chi connectivity index (χ1v) is 10.3. The van der Waals surface area contributed by atoms with E-state index in [0.29, 0.717) is 28.7 Å². The summed E-state index contributed by atoms with van der Waals surface area (Å²) >= 11 is 1.14. The Morgan fingerprint density at radius 3 is 2.65 bits per heavy atom. The molecule has 1 aromatic carbocycles. The summed E-state index contributed by atoms with van der Waals surface area (Å²) in [7, 11) is 1.65. The first kappa shape index (κ1) is 19.4. The van der Waals surface area contributed by atoms with Gasteiger partial charge < -0.3 is 20.4 Å². The number of aliphatic carboxylic acids is 1. The second kappa shape index (κ2) is 6.97. The standard InChI is InChI=1S/C18H17N7O5S/c1-23-18(20-21-22-23)31-14-10-6-7-24(17(30)19-8-2-4-9(26)5-3-8)12-11(10)25(15(12)27)13(14)16(28)29/h2-5,10-12,26H,6-7H2,1H3,(H,19,30)(H,28,29)/t10?,11-,12+/m1/s1. The number of phenols is 1. The second-order valence-electron chi connectivity index (χ2n) is 7.41. The summed E-state index contributed by atoms with van der Waals surface area (Å²) in [5.74, 6) is -1.75. The molecule has 2 saturated heterocycles. The minimum Gasteiger partial charge on any atom is -0.508 e. The number of carboxylic acid groups (broad SMARTS) is 1. The lowest BCUT2D eigenvalue weighted by Gasteiger charge is -2.53. The number of piperidine rings is 1. The van der Waals surface area contributed by atoms with E-state index in [0.717, 1.165) is 11.8 Å². The summed E-state index contributed by atoms with van der Waals surface area (Å²) < 4.78 is 1.44. The molecule has 1 aromatic heterocycles. The summed E-state index contributed by atoms with van der Waals surface area (Å²) in [5.41, 5.74) is 0.417. The minimum absolute atomic E-state index is 0.0648. The topological polar surface area (TPSA) is 154 Å². The van der Waals surface area contributed by atoms with Crippen LogP contribution >= 0.6 is 11.8 Å². The van der Waals surface area contributed by atoms with Crippen LogP contribution in [0.3, 0.4) is 0 Å². The number of likely N-dealkylation sites (tertiary alicyclic amines) is 1. The monoisotopic (exact) mass is 443 g/mol. The molecule has 0 radical (unpaired) electrons. The van der Waals surface area contributed by atoms with Crippen molar-refractivity contribution >= 4 is 35.4 Å². The molecular formula is C18H17N7O5S. The van der Waals surface area contributed by atoms with Crippen molar-refractivity contribution in [2.24, 2.45) is 13.0 Å². The highest BCUT2D eigenvalue weighted by Gasteiger charge is 2.64. The van der Waals surface area contributed by atoms with Gasteiger partial charge in [-0.05, 0) is 52.9 Å². The molecule has 3 aliphatic heterocycles. The fraction of sp³-hybridized carbons (Fsp3) is 0.333. The number of carboxylic acids is 1. The van der Waals surface area contributed by atoms with Gasteiger partial charge in [-0.15, -0.1) is 5.10 Å². The normalized spacial score (nSPS) is 24.2. The Hall–Kier alpha value is -3.61. The Labute approximate surface area is 179 Å². The maximum absolute atomic E-state index is 12.9. The molecule has 160 valence electrons. The minimum atomic E-state index is -1.20. The SMILES string of the molecule is Cn1nnnc1SC1=C(C(=O)O)N2C(=O)[C@@H]3[C@H]2C1CCN3C(=O)Nc1ccc(O)cc1. The zero-order valence-corrected chi connectivity index (χ0v) is 17.0. The van der Waals surface area contributed by atoms with Gasteiger partial charge in [0.25, 0.3) is 5.91 Å². The lowest BCUT2D eigenvalue weighted by Crippen LogP contribution is -2.74. The summed E-state index contributed by atoms with van der Waals surface area (Å²) in [6.45, 7) is 0.295. The number of phenolic OH excluding ortho intramolecular Hbond substituents is 1. The van der Waals surface area contributed by atoms with Crippen molar-refractivity contribution in [3.05, 3.63) is 34.9 Å². The maximum atomic E-state index is 12.9. The number of aromatic hydroxyl groups is 1. The van der Waals surface area contributed by atoms with Gasteiger partial charge in [0.1, 0.15) is 17.5 Å². The third-order valence-electron chi connectivity index (χ3n) is 5.72. The van der Waals surface area contributed by atoms with Crippen LogP contribution in [0.1, 0.15) is 6.42 Å². The molecule has 3 N–H and O–H groups in total. The Bertz CT molecular complexity index is 1130. The molecule has 4 heterocycles. The number of thioether (sulfide) groups is 1. The molecule has 0 saturated carbocycles. The van der Waals surface area contributed by atoms with Crippen LogP contribution in [0.2, 0.25) is 0 Å². The van der Waals surface area contributed by atoms with E-state index in [1.54, 1.807) is 19.2 Å². The van der Waals surface area contributed by atoms with Gasteiger partial charge in [0.2, 0.25) is 5.16 Å². The number of nitrogens with zero attached hydrogens (tertiary/aromatic N) is 6. The van der Waals surface area contributed by atoms with Gasteiger partial charge in [-0.25, -0.2) is 14.3 Å². The number of amides is 3. The second-order valence-corrected chi connectivity index (χ2v) is 8.42. The molecule has 0 spiro atoms. The number of hydrogen-bond donors (Lipinski definition) is 3. The van der Waals surface area contributed by atoms with Crippen molar-refractivity contribution in [1.82, 2.24) is 30.0 Å². The average Bonchev–Trinajstić information content (AvgIpc) is 3.29. The summed E-state index contributed by atoms with van der Waals surface area (Å²) in [6, 6.07) is 4.39. The number of carbonyl (C=O) groups is 3. The van der Waals surface area contributed by atoms with Crippen molar-refractivity contribution in [3.8, 4) is 5.75 Å². The third-order valence-corrected chi connectivity index (χ3v) is 6.96. The summed E-state index contributed by atoms with van der Waals surface area (Å²) in [4.78, 5) is 41.0. The van der Waals surface area contributed by atoms with E-state index in [9.17, 15) is 24.6 Å². The third kappa shape index (κ3) is 2.91.